The van der Waals surface area contributed by atoms with E-state index in [0.29, 0.717) is 19.0 Å². The lowest BCUT2D eigenvalue weighted by Gasteiger charge is -2.17. The first kappa shape index (κ1) is 17.3. The van der Waals surface area contributed by atoms with E-state index in [4.69, 9.17) is 0 Å². The number of hydrogen-bond donors (Lipinski definition) is 2. The van der Waals surface area contributed by atoms with E-state index in [2.05, 4.69) is 46.0 Å². The Labute approximate surface area is 149 Å². The number of hydrogen-bond acceptors (Lipinski definition) is 2. The highest BCUT2D eigenvalue weighted by atomic mass is 16.2. The first-order valence-corrected chi connectivity index (χ1v) is 9.04. The third-order valence-corrected chi connectivity index (χ3v) is 4.44. The Bertz CT molecular complexity index is 750. The van der Waals surface area contributed by atoms with Gasteiger partial charge >= 0.3 is 0 Å². The zero-order valence-corrected chi connectivity index (χ0v) is 14.8. The van der Waals surface area contributed by atoms with E-state index in [1.807, 2.05) is 24.0 Å². The van der Waals surface area contributed by atoms with Gasteiger partial charge in [0.1, 0.15) is 0 Å². The van der Waals surface area contributed by atoms with Gasteiger partial charge in [0.2, 0.25) is 5.91 Å². The van der Waals surface area contributed by atoms with Crippen molar-refractivity contribution in [3.05, 3.63) is 48.0 Å². The zero-order valence-electron chi connectivity index (χ0n) is 14.8. The second-order valence-electron chi connectivity index (χ2n) is 6.32. The molecule has 0 saturated carbocycles. The zero-order chi connectivity index (χ0) is 17.5. The largest absolute Gasteiger partial charge is 0.357 e. The normalized spacial score (nSPS) is 14.8. The highest BCUT2D eigenvalue weighted by molar-refractivity contribution is 5.87. The molecule has 0 spiro atoms. The van der Waals surface area contributed by atoms with Gasteiger partial charge in [-0.15, -0.1) is 0 Å². The number of amides is 1. The fraction of sp³-hybridized carbons (Fsp3) is 0.400. The summed E-state index contributed by atoms with van der Waals surface area (Å²) < 4.78 is 0. The van der Waals surface area contributed by atoms with Crippen LogP contribution >= 0.6 is 0 Å². The third kappa shape index (κ3) is 4.72. The van der Waals surface area contributed by atoms with Crippen LogP contribution in [-0.2, 0) is 11.3 Å². The van der Waals surface area contributed by atoms with Crippen LogP contribution in [0.4, 0.5) is 0 Å². The molecule has 0 aromatic heterocycles. The van der Waals surface area contributed by atoms with Crippen LogP contribution in [0, 0.1) is 0 Å². The molecule has 0 aliphatic carbocycles. The van der Waals surface area contributed by atoms with Crippen LogP contribution in [0.25, 0.3) is 10.8 Å². The summed E-state index contributed by atoms with van der Waals surface area (Å²) in [5, 5.41) is 8.81. The molecule has 5 nitrogen and oxygen atoms in total. The summed E-state index contributed by atoms with van der Waals surface area (Å²) in [5.74, 6) is 0.831. The van der Waals surface area contributed by atoms with Gasteiger partial charge in [-0.25, -0.2) is 4.99 Å². The van der Waals surface area contributed by atoms with Gasteiger partial charge in [0.15, 0.2) is 5.96 Å². The van der Waals surface area contributed by atoms with Crippen LogP contribution in [0.3, 0.4) is 0 Å². The van der Waals surface area contributed by atoms with Gasteiger partial charge in [0.05, 0.1) is 13.1 Å². The minimum absolute atomic E-state index is 0.147. The number of guanidine groups is 1. The first-order chi connectivity index (χ1) is 12.3. The highest BCUT2D eigenvalue weighted by Crippen LogP contribution is 2.16. The van der Waals surface area contributed by atoms with E-state index >= 15 is 0 Å². The number of benzene rings is 2. The summed E-state index contributed by atoms with van der Waals surface area (Å²) >= 11 is 0. The summed E-state index contributed by atoms with van der Waals surface area (Å²) in [6.07, 6.45) is 2.23. The fourth-order valence-corrected chi connectivity index (χ4v) is 3.09. The molecule has 1 amide bonds. The van der Waals surface area contributed by atoms with Crippen LogP contribution in [-0.4, -0.2) is 42.9 Å². The van der Waals surface area contributed by atoms with Gasteiger partial charge in [0, 0.05) is 19.6 Å². The maximum absolute atomic E-state index is 12.2. The van der Waals surface area contributed by atoms with Crippen molar-refractivity contribution in [2.45, 2.75) is 26.3 Å². The van der Waals surface area contributed by atoms with Crippen LogP contribution in [0.15, 0.2) is 47.5 Å². The van der Waals surface area contributed by atoms with Crippen molar-refractivity contribution < 1.29 is 4.79 Å². The summed E-state index contributed by atoms with van der Waals surface area (Å²) in [7, 11) is 0. The van der Waals surface area contributed by atoms with E-state index in [-0.39, 0.29) is 5.91 Å². The molecule has 1 saturated heterocycles. The average molecular weight is 338 g/mol. The van der Waals surface area contributed by atoms with Crippen molar-refractivity contribution in [3.63, 3.8) is 0 Å². The summed E-state index contributed by atoms with van der Waals surface area (Å²) in [5.41, 5.74) is 1.15. The van der Waals surface area contributed by atoms with Gasteiger partial charge in [-0.05, 0) is 42.2 Å². The quantitative estimate of drug-likeness (QED) is 0.651. The van der Waals surface area contributed by atoms with Gasteiger partial charge < -0.3 is 15.5 Å². The molecular weight excluding hydrogens is 312 g/mol. The molecule has 1 heterocycles. The summed E-state index contributed by atoms with van der Waals surface area (Å²) in [4.78, 5) is 18.7. The van der Waals surface area contributed by atoms with Crippen molar-refractivity contribution in [2.75, 3.05) is 26.2 Å². The average Bonchev–Trinajstić information content (AvgIpc) is 3.18. The van der Waals surface area contributed by atoms with E-state index < -0.39 is 0 Å². The van der Waals surface area contributed by atoms with Gasteiger partial charge in [0.25, 0.3) is 0 Å². The number of nitrogens with one attached hydrogen (secondary N) is 2. The Morgan fingerprint density at radius 1 is 1.08 bits per heavy atom. The number of nitrogens with zero attached hydrogens (tertiary/aromatic N) is 2. The minimum atomic E-state index is 0.147. The molecule has 0 radical (unpaired) electrons. The Hall–Kier alpha value is -2.56. The Morgan fingerprint density at radius 2 is 1.84 bits per heavy atom. The molecule has 0 atom stereocenters. The molecule has 2 aromatic rings. The maximum atomic E-state index is 12.2. The number of carbonyl (C=O) groups is 1. The molecule has 3 rings (SSSR count). The molecule has 1 aliphatic rings. The van der Waals surface area contributed by atoms with E-state index in [1.54, 1.807) is 0 Å². The second-order valence-corrected chi connectivity index (χ2v) is 6.32. The highest BCUT2D eigenvalue weighted by Gasteiger charge is 2.17. The molecule has 0 unspecified atom stereocenters. The number of fused-ring (bicyclic) bond motifs is 1. The van der Waals surface area contributed by atoms with Crippen LogP contribution in [0.5, 0.6) is 0 Å². The van der Waals surface area contributed by atoms with E-state index in [9.17, 15) is 4.79 Å². The SMILES string of the molecule is CCNC(=NCc1ccc2ccccc2c1)NCC(=O)N1CCCC1. The molecule has 5 heteroatoms. The second kappa shape index (κ2) is 8.51. The van der Waals surface area contributed by atoms with E-state index in [0.717, 1.165) is 38.0 Å². The lowest BCUT2D eigenvalue weighted by Crippen LogP contribution is -2.44. The third-order valence-electron chi connectivity index (χ3n) is 4.44. The standard InChI is InChI=1S/C20H26N4O/c1-2-21-20(23-15-19(25)24-11-5-6-12-24)22-14-16-9-10-17-7-3-4-8-18(17)13-16/h3-4,7-10,13H,2,5-6,11-12,14-15H2,1H3,(H2,21,22,23). The molecule has 1 aliphatic heterocycles. The predicted molar refractivity (Wildman–Crippen MR) is 103 cm³/mol. The Balaban J connectivity index is 1.61. The van der Waals surface area contributed by atoms with Crippen molar-refractivity contribution in [2.24, 2.45) is 4.99 Å². The van der Waals surface area contributed by atoms with Crippen LogP contribution in [0.2, 0.25) is 0 Å². The smallest absolute Gasteiger partial charge is 0.241 e. The summed E-state index contributed by atoms with van der Waals surface area (Å²) in [6.45, 7) is 5.43. The van der Waals surface area contributed by atoms with Gasteiger partial charge in [-0.1, -0.05) is 36.4 Å². The topological polar surface area (TPSA) is 56.7 Å². The minimum Gasteiger partial charge on any atom is -0.357 e. The maximum Gasteiger partial charge on any atom is 0.241 e. The Kier molecular flexibility index (Phi) is 5.88. The number of aliphatic imine (C=N–C) groups is 1. The lowest BCUT2D eigenvalue weighted by atomic mass is 10.1. The molecular formula is C20H26N4O. The van der Waals surface area contributed by atoms with Crippen molar-refractivity contribution in [1.82, 2.24) is 15.5 Å². The lowest BCUT2D eigenvalue weighted by molar-refractivity contribution is -0.128. The summed E-state index contributed by atoms with van der Waals surface area (Å²) in [6, 6.07) is 14.7. The number of likely N-dealkylation sites (tertiary alicyclic amines) is 1. The number of carbonyl (C=O) groups excluding carboxylic acids is 1. The number of rotatable bonds is 5. The monoisotopic (exact) mass is 338 g/mol. The van der Waals surface area contributed by atoms with Crippen molar-refractivity contribution >= 4 is 22.6 Å². The van der Waals surface area contributed by atoms with Gasteiger partial charge in [-0.2, -0.15) is 0 Å². The van der Waals surface area contributed by atoms with Crippen molar-refractivity contribution in [1.29, 1.82) is 0 Å². The molecule has 2 N–H and O–H groups in total. The first-order valence-electron chi connectivity index (χ1n) is 9.04. The van der Waals surface area contributed by atoms with Crippen molar-refractivity contribution in [3.8, 4) is 0 Å². The van der Waals surface area contributed by atoms with Gasteiger partial charge in [-0.3, -0.25) is 4.79 Å². The molecule has 25 heavy (non-hydrogen) atoms. The Morgan fingerprint density at radius 3 is 2.60 bits per heavy atom. The van der Waals surface area contributed by atoms with Crippen LogP contribution in [0.1, 0.15) is 25.3 Å². The fourth-order valence-electron chi connectivity index (χ4n) is 3.09. The molecule has 0 bridgehead atoms. The molecule has 132 valence electrons. The van der Waals surface area contributed by atoms with Crippen LogP contribution < -0.4 is 10.6 Å². The predicted octanol–water partition coefficient (Wildman–Crippen LogP) is 2.52. The van der Waals surface area contributed by atoms with E-state index in [1.165, 1.54) is 10.8 Å². The molecule has 1 fully saturated rings. The molecule has 2 aromatic carbocycles.